The maximum atomic E-state index is 11.9. The average molecular weight is 334 g/mol. The Balaban J connectivity index is 1.81. The van der Waals surface area contributed by atoms with Crippen LogP contribution in [0.15, 0.2) is 24.3 Å². The standard InChI is InChI=1S/C18H26N2O4/c1-19(2)18(22)14-4-6-15(7-5-14)24-16-8-11-20(12-9-16)17(21)10-13-23-3/h4-7,16H,8-13H2,1-3H3. The molecule has 0 N–H and O–H groups in total. The van der Waals surface area contributed by atoms with Crippen LogP contribution in [-0.4, -0.2) is 68.6 Å². The molecule has 0 aromatic heterocycles. The largest absolute Gasteiger partial charge is 0.490 e. The van der Waals surface area contributed by atoms with Crippen molar-refractivity contribution in [2.24, 2.45) is 0 Å². The Morgan fingerprint density at radius 1 is 1.17 bits per heavy atom. The van der Waals surface area contributed by atoms with Gasteiger partial charge in [0.15, 0.2) is 0 Å². The van der Waals surface area contributed by atoms with E-state index in [2.05, 4.69) is 0 Å². The Kier molecular flexibility index (Phi) is 6.61. The molecule has 1 heterocycles. The van der Waals surface area contributed by atoms with Crippen molar-refractivity contribution < 1.29 is 19.1 Å². The number of benzene rings is 1. The summed E-state index contributed by atoms with van der Waals surface area (Å²) in [5.74, 6) is 0.876. The molecule has 0 unspecified atom stereocenters. The van der Waals surface area contributed by atoms with Crippen molar-refractivity contribution in [1.82, 2.24) is 9.80 Å². The maximum absolute atomic E-state index is 11.9. The van der Waals surface area contributed by atoms with Crippen molar-refractivity contribution >= 4 is 11.8 Å². The van der Waals surface area contributed by atoms with Crippen molar-refractivity contribution in [3.8, 4) is 5.75 Å². The topological polar surface area (TPSA) is 59.1 Å². The van der Waals surface area contributed by atoms with Crippen molar-refractivity contribution in [3.63, 3.8) is 0 Å². The van der Waals surface area contributed by atoms with Gasteiger partial charge in [-0.3, -0.25) is 9.59 Å². The normalized spacial score (nSPS) is 15.2. The van der Waals surface area contributed by atoms with Gasteiger partial charge >= 0.3 is 0 Å². The number of hydrogen-bond acceptors (Lipinski definition) is 4. The van der Waals surface area contributed by atoms with Gasteiger partial charge in [-0.1, -0.05) is 0 Å². The molecule has 0 atom stereocenters. The Bertz CT molecular complexity index is 549. The molecule has 0 bridgehead atoms. The lowest BCUT2D eigenvalue weighted by Gasteiger charge is -2.32. The van der Waals surface area contributed by atoms with Gasteiger partial charge in [0.05, 0.1) is 13.0 Å². The van der Waals surface area contributed by atoms with E-state index in [1.165, 1.54) is 0 Å². The van der Waals surface area contributed by atoms with Crippen molar-refractivity contribution in [2.75, 3.05) is 40.9 Å². The van der Waals surface area contributed by atoms with Gasteiger partial charge in [-0.2, -0.15) is 0 Å². The van der Waals surface area contributed by atoms with Crippen LogP contribution in [0.3, 0.4) is 0 Å². The second-order valence-corrected chi connectivity index (χ2v) is 6.16. The molecule has 0 radical (unpaired) electrons. The van der Waals surface area contributed by atoms with Crippen LogP contribution in [0, 0.1) is 0 Å². The van der Waals surface area contributed by atoms with E-state index in [4.69, 9.17) is 9.47 Å². The number of likely N-dealkylation sites (tertiary alicyclic amines) is 1. The first-order chi connectivity index (χ1) is 11.5. The molecule has 1 aliphatic heterocycles. The zero-order valence-electron chi connectivity index (χ0n) is 14.7. The highest BCUT2D eigenvalue weighted by Crippen LogP contribution is 2.20. The molecule has 1 aliphatic rings. The summed E-state index contributed by atoms with van der Waals surface area (Å²) in [5.41, 5.74) is 0.644. The molecule has 132 valence electrons. The highest BCUT2D eigenvalue weighted by molar-refractivity contribution is 5.93. The Hall–Kier alpha value is -2.08. The summed E-state index contributed by atoms with van der Waals surface area (Å²) < 4.78 is 10.9. The van der Waals surface area contributed by atoms with Gasteiger partial charge in [-0.25, -0.2) is 0 Å². The van der Waals surface area contributed by atoms with Gasteiger partial charge in [-0.05, 0) is 24.3 Å². The number of carbonyl (C=O) groups is 2. The van der Waals surface area contributed by atoms with Crippen LogP contribution in [0.1, 0.15) is 29.6 Å². The number of methoxy groups -OCH3 is 1. The minimum absolute atomic E-state index is 0.0237. The zero-order valence-corrected chi connectivity index (χ0v) is 14.7. The van der Waals surface area contributed by atoms with E-state index < -0.39 is 0 Å². The smallest absolute Gasteiger partial charge is 0.253 e. The molecular formula is C18H26N2O4. The van der Waals surface area contributed by atoms with Crippen LogP contribution in [0.5, 0.6) is 5.75 Å². The lowest BCUT2D eigenvalue weighted by Crippen LogP contribution is -2.42. The molecule has 1 aromatic carbocycles. The quantitative estimate of drug-likeness (QED) is 0.796. The molecule has 0 saturated carbocycles. The van der Waals surface area contributed by atoms with E-state index in [1.807, 2.05) is 17.0 Å². The van der Waals surface area contributed by atoms with Crippen LogP contribution < -0.4 is 4.74 Å². The molecule has 6 heteroatoms. The lowest BCUT2D eigenvalue weighted by molar-refractivity contribution is -0.133. The molecule has 1 saturated heterocycles. The van der Waals surface area contributed by atoms with Crippen molar-refractivity contribution in [1.29, 1.82) is 0 Å². The third kappa shape index (κ3) is 4.96. The second kappa shape index (κ2) is 8.68. The van der Waals surface area contributed by atoms with Crippen molar-refractivity contribution in [3.05, 3.63) is 29.8 Å². The molecule has 2 rings (SSSR count). The monoisotopic (exact) mass is 334 g/mol. The van der Waals surface area contributed by atoms with Crippen LogP contribution in [0.2, 0.25) is 0 Å². The predicted molar refractivity (Wildman–Crippen MR) is 91.2 cm³/mol. The molecule has 24 heavy (non-hydrogen) atoms. The minimum atomic E-state index is -0.0237. The number of nitrogens with zero attached hydrogens (tertiary/aromatic N) is 2. The van der Waals surface area contributed by atoms with E-state index in [0.717, 1.165) is 18.6 Å². The number of carbonyl (C=O) groups excluding carboxylic acids is 2. The lowest BCUT2D eigenvalue weighted by atomic mass is 10.1. The number of ether oxygens (including phenoxy) is 2. The summed E-state index contributed by atoms with van der Waals surface area (Å²) in [7, 11) is 5.06. The molecule has 0 spiro atoms. The van der Waals surface area contributed by atoms with Crippen LogP contribution in [0.4, 0.5) is 0 Å². The Morgan fingerprint density at radius 3 is 2.33 bits per heavy atom. The minimum Gasteiger partial charge on any atom is -0.490 e. The van der Waals surface area contributed by atoms with E-state index in [-0.39, 0.29) is 17.9 Å². The summed E-state index contributed by atoms with van der Waals surface area (Å²) in [5, 5.41) is 0. The molecule has 6 nitrogen and oxygen atoms in total. The predicted octanol–water partition coefficient (Wildman–Crippen LogP) is 1.79. The summed E-state index contributed by atoms with van der Waals surface area (Å²) in [6.07, 6.45) is 2.17. The number of amides is 2. The molecular weight excluding hydrogens is 308 g/mol. The molecule has 1 aromatic rings. The van der Waals surface area contributed by atoms with E-state index >= 15 is 0 Å². The molecule has 1 fully saturated rings. The van der Waals surface area contributed by atoms with Gasteiger partial charge in [0.25, 0.3) is 5.91 Å². The van der Waals surface area contributed by atoms with E-state index in [1.54, 1.807) is 38.2 Å². The van der Waals surface area contributed by atoms with Crippen LogP contribution >= 0.6 is 0 Å². The third-order valence-corrected chi connectivity index (χ3v) is 4.12. The van der Waals surface area contributed by atoms with E-state index in [9.17, 15) is 9.59 Å². The fraction of sp³-hybridized carbons (Fsp3) is 0.556. The van der Waals surface area contributed by atoms with Crippen LogP contribution in [0.25, 0.3) is 0 Å². The van der Waals surface area contributed by atoms with E-state index in [0.29, 0.717) is 31.7 Å². The Morgan fingerprint density at radius 2 is 1.79 bits per heavy atom. The molecule has 2 amide bonds. The first-order valence-electron chi connectivity index (χ1n) is 8.26. The first-order valence-corrected chi connectivity index (χ1v) is 8.26. The summed E-state index contributed by atoms with van der Waals surface area (Å²) in [6, 6.07) is 7.21. The average Bonchev–Trinajstić information content (AvgIpc) is 2.60. The van der Waals surface area contributed by atoms with Gasteiger partial charge in [0.1, 0.15) is 11.9 Å². The fourth-order valence-corrected chi connectivity index (χ4v) is 2.70. The van der Waals surface area contributed by atoms with Gasteiger partial charge in [-0.15, -0.1) is 0 Å². The fourth-order valence-electron chi connectivity index (χ4n) is 2.70. The van der Waals surface area contributed by atoms with Gasteiger partial charge in [0, 0.05) is 52.7 Å². The maximum Gasteiger partial charge on any atom is 0.253 e. The number of rotatable bonds is 6. The van der Waals surface area contributed by atoms with Gasteiger partial charge < -0.3 is 19.3 Å². The highest BCUT2D eigenvalue weighted by Gasteiger charge is 2.23. The van der Waals surface area contributed by atoms with Gasteiger partial charge in [0.2, 0.25) is 5.91 Å². The SMILES string of the molecule is COCCC(=O)N1CCC(Oc2ccc(C(=O)N(C)C)cc2)CC1. The third-order valence-electron chi connectivity index (χ3n) is 4.12. The summed E-state index contributed by atoms with van der Waals surface area (Å²) in [6.45, 7) is 1.89. The number of hydrogen-bond donors (Lipinski definition) is 0. The summed E-state index contributed by atoms with van der Waals surface area (Å²) in [4.78, 5) is 27.2. The van der Waals surface area contributed by atoms with Crippen LogP contribution in [-0.2, 0) is 9.53 Å². The second-order valence-electron chi connectivity index (χ2n) is 6.16. The zero-order chi connectivity index (χ0) is 17.5. The van der Waals surface area contributed by atoms with Crippen molar-refractivity contribution in [2.45, 2.75) is 25.4 Å². The summed E-state index contributed by atoms with van der Waals surface area (Å²) >= 11 is 0. The number of piperidine rings is 1. The first kappa shape index (κ1) is 18.3. The molecule has 0 aliphatic carbocycles. The highest BCUT2D eigenvalue weighted by atomic mass is 16.5. The Labute approximate surface area is 143 Å².